The van der Waals surface area contributed by atoms with E-state index < -0.39 is 11.5 Å². The molecule has 0 fully saturated rings. The van der Waals surface area contributed by atoms with Crippen LogP contribution in [0.4, 0.5) is 0 Å². The maximum absolute atomic E-state index is 13.4. The van der Waals surface area contributed by atoms with E-state index in [1.807, 2.05) is 19.1 Å². The Labute approximate surface area is 196 Å². The molecule has 1 aromatic heterocycles. The minimum atomic E-state index is -0.685. The fourth-order valence-corrected chi connectivity index (χ4v) is 3.61. The van der Waals surface area contributed by atoms with Crippen LogP contribution in [0.5, 0.6) is 17.2 Å². The lowest BCUT2D eigenvalue weighted by atomic mass is 10.1. The van der Waals surface area contributed by atoms with E-state index in [1.54, 1.807) is 48.5 Å². The summed E-state index contributed by atoms with van der Waals surface area (Å²) in [4.78, 5) is 36.5. The molecule has 1 heterocycles. The van der Waals surface area contributed by atoms with E-state index in [0.717, 1.165) is 16.7 Å². The van der Waals surface area contributed by atoms with Gasteiger partial charge < -0.3 is 19.0 Å². The minimum absolute atomic E-state index is 0.112. The Morgan fingerprint density at radius 3 is 2.15 bits per heavy atom. The van der Waals surface area contributed by atoms with Crippen LogP contribution in [0.2, 0.25) is 0 Å². The predicted molar refractivity (Wildman–Crippen MR) is 128 cm³/mol. The van der Waals surface area contributed by atoms with Gasteiger partial charge in [0.15, 0.2) is 17.3 Å². The van der Waals surface area contributed by atoms with Crippen LogP contribution in [0.25, 0.3) is 22.3 Å². The van der Waals surface area contributed by atoms with Crippen molar-refractivity contribution in [2.75, 3.05) is 21.3 Å². The lowest BCUT2D eigenvalue weighted by Crippen LogP contribution is -2.33. The number of aromatic nitrogens is 2. The molecule has 0 radical (unpaired) electrons. The van der Waals surface area contributed by atoms with Gasteiger partial charge >= 0.3 is 5.97 Å². The first-order chi connectivity index (χ1) is 16.5. The topological polar surface area (TPSA) is 88.9 Å². The zero-order chi connectivity index (χ0) is 24.2. The molecule has 0 bridgehead atoms. The molecule has 4 rings (SSSR count). The SMILES string of the molecule is CCc1ccc(C(=O)On2c(-c3cc(OC)c(OC)c(OC)c3)nc3ccccc3c2=O)cc1. The highest BCUT2D eigenvalue weighted by atomic mass is 16.7. The van der Waals surface area contributed by atoms with Gasteiger partial charge in [0.1, 0.15) is 0 Å². The van der Waals surface area contributed by atoms with Crippen molar-refractivity contribution in [2.24, 2.45) is 0 Å². The van der Waals surface area contributed by atoms with E-state index >= 15 is 0 Å². The van der Waals surface area contributed by atoms with Crippen molar-refractivity contribution >= 4 is 16.9 Å². The number of carbonyl (C=O) groups is 1. The molecule has 3 aromatic carbocycles. The minimum Gasteiger partial charge on any atom is -0.493 e. The van der Waals surface area contributed by atoms with E-state index in [4.69, 9.17) is 19.0 Å². The fraction of sp³-hybridized carbons (Fsp3) is 0.192. The molecule has 0 saturated heterocycles. The first kappa shape index (κ1) is 22.8. The van der Waals surface area contributed by atoms with Crippen molar-refractivity contribution in [1.29, 1.82) is 0 Å². The molecule has 0 N–H and O–H groups in total. The summed E-state index contributed by atoms with van der Waals surface area (Å²) in [6.45, 7) is 2.03. The summed E-state index contributed by atoms with van der Waals surface area (Å²) in [5, 5.41) is 0.313. The standard InChI is InChI=1S/C26H24N2O6/c1-5-16-10-12-17(13-11-16)26(30)34-28-24(27-20-9-7-6-8-19(20)25(28)29)18-14-21(31-2)23(33-4)22(15-18)32-3/h6-15H,5H2,1-4H3. The Bertz CT molecular complexity index is 1380. The summed E-state index contributed by atoms with van der Waals surface area (Å²) >= 11 is 0. The van der Waals surface area contributed by atoms with Gasteiger partial charge in [-0.15, -0.1) is 4.73 Å². The lowest BCUT2D eigenvalue weighted by Gasteiger charge is -2.16. The van der Waals surface area contributed by atoms with Crippen molar-refractivity contribution in [3.8, 4) is 28.6 Å². The molecule has 0 aliphatic heterocycles. The largest absolute Gasteiger partial charge is 0.493 e. The highest BCUT2D eigenvalue weighted by molar-refractivity contribution is 5.90. The smallest absolute Gasteiger partial charge is 0.363 e. The molecule has 4 aromatic rings. The number of hydrogen-bond acceptors (Lipinski definition) is 7. The number of hydrogen-bond donors (Lipinski definition) is 0. The molecule has 0 saturated carbocycles. The lowest BCUT2D eigenvalue weighted by molar-refractivity contribution is 0.0449. The second kappa shape index (κ2) is 9.66. The number of rotatable bonds is 7. The van der Waals surface area contributed by atoms with Gasteiger partial charge in [-0.1, -0.05) is 31.2 Å². The highest BCUT2D eigenvalue weighted by Gasteiger charge is 2.21. The second-order valence-electron chi connectivity index (χ2n) is 7.40. The van der Waals surface area contributed by atoms with Crippen LogP contribution in [0, 0.1) is 0 Å². The van der Waals surface area contributed by atoms with Gasteiger partial charge in [0.25, 0.3) is 5.56 Å². The van der Waals surface area contributed by atoms with E-state index in [2.05, 4.69) is 4.98 Å². The normalized spacial score (nSPS) is 10.7. The highest BCUT2D eigenvalue weighted by Crippen LogP contribution is 2.40. The van der Waals surface area contributed by atoms with Gasteiger partial charge in [0.05, 0.1) is 37.8 Å². The Kier molecular flexibility index (Phi) is 6.49. The molecular formula is C26H24N2O6. The van der Waals surface area contributed by atoms with Gasteiger partial charge in [-0.25, -0.2) is 9.78 Å². The average molecular weight is 460 g/mol. The monoisotopic (exact) mass is 460 g/mol. The molecular weight excluding hydrogens is 436 g/mol. The van der Waals surface area contributed by atoms with E-state index in [0.29, 0.717) is 39.3 Å². The number of benzene rings is 3. The number of fused-ring (bicyclic) bond motifs is 1. The summed E-state index contributed by atoms with van der Waals surface area (Å²) in [7, 11) is 4.47. The van der Waals surface area contributed by atoms with Crippen molar-refractivity contribution in [1.82, 2.24) is 9.71 Å². The summed E-state index contributed by atoms with van der Waals surface area (Å²) in [5.74, 6) is 0.549. The number of nitrogens with zero attached hydrogens (tertiary/aromatic N) is 2. The van der Waals surface area contributed by atoms with E-state index in [-0.39, 0.29) is 5.82 Å². The third-order valence-corrected chi connectivity index (χ3v) is 5.43. The number of aryl methyl sites for hydroxylation is 1. The van der Waals surface area contributed by atoms with Crippen molar-refractivity contribution in [3.05, 3.63) is 82.1 Å². The third kappa shape index (κ3) is 4.17. The Balaban J connectivity index is 1.90. The van der Waals surface area contributed by atoms with Crippen LogP contribution in [-0.4, -0.2) is 37.0 Å². The number of ether oxygens (including phenoxy) is 3. The molecule has 0 amide bonds. The maximum atomic E-state index is 13.4. The van der Waals surface area contributed by atoms with Gasteiger partial charge in [-0.3, -0.25) is 4.79 Å². The van der Waals surface area contributed by atoms with Crippen molar-refractivity contribution < 1.29 is 23.8 Å². The number of para-hydroxylation sites is 1. The molecule has 0 aliphatic carbocycles. The Hall–Kier alpha value is -4.33. The maximum Gasteiger partial charge on any atom is 0.363 e. The van der Waals surface area contributed by atoms with Crippen molar-refractivity contribution in [2.45, 2.75) is 13.3 Å². The quantitative estimate of drug-likeness (QED) is 0.413. The van der Waals surface area contributed by atoms with Crippen LogP contribution in [-0.2, 0) is 6.42 Å². The number of carbonyl (C=O) groups excluding carboxylic acids is 1. The first-order valence-corrected chi connectivity index (χ1v) is 10.6. The first-order valence-electron chi connectivity index (χ1n) is 10.6. The molecule has 0 spiro atoms. The summed E-state index contributed by atoms with van der Waals surface area (Å²) < 4.78 is 17.2. The zero-order valence-corrected chi connectivity index (χ0v) is 19.3. The predicted octanol–water partition coefficient (Wildman–Crippen LogP) is 3.92. The Morgan fingerprint density at radius 2 is 1.56 bits per heavy atom. The fourth-order valence-electron chi connectivity index (χ4n) is 3.61. The van der Waals surface area contributed by atoms with Crippen LogP contribution < -0.4 is 24.6 Å². The third-order valence-electron chi connectivity index (χ3n) is 5.43. The van der Waals surface area contributed by atoms with Gasteiger partial charge in [0, 0.05) is 5.56 Å². The molecule has 174 valence electrons. The Morgan fingerprint density at radius 1 is 0.912 bits per heavy atom. The molecule has 8 heteroatoms. The number of methoxy groups -OCH3 is 3. The van der Waals surface area contributed by atoms with E-state index in [9.17, 15) is 9.59 Å². The van der Waals surface area contributed by atoms with Crippen LogP contribution >= 0.6 is 0 Å². The zero-order valence-electron chi connectivity index (χ0n) is 19.3. The summed E-state index contributed by atoms with van der Waals surface area (Å²) in [5.41, 5.74) is 1.77. The molecule has 0 aliphatic rings. The van der Waals surface area contributed by atoms with Crippen LogP contribution in [0.3, 0.4) is 0 Å². The van der Waals surface area contributed by atoms with Gasteiger partial charge in [-0.05, 0) is 48.4 Å². The summed E-state index contributed by atoms with van der Waals surface area (Å²) in [6.07, 6.45) is 0.842. The average Bonchev–Trinajstić information content (AvgIpc) is 2.89. The van der Waals surface area contributed by atoms with Gasteiger partial charge in [0.2, 0.25) is 5.75 Å². The molecule has 8 nitrogen and oxygen atoms in total. The molecule has 34 heavy (non-hydrogen) atoms. The molecule has 0 atom stereocenters. The van der Waals surface area contributed by atoms with Crippen LogP contribution in [0.1, 0.15) is 22.8 Å². The second-order valence-corrected chi connectivity index (χ2v) is 7.40. The van der Waals surface area contributed by atoms with Crippen LogP contribution in [0.15, 0.2) is 65.5 Å². The van der Waals surface area contributed by atoms with Crippen molar-refractivity contribution in [3.63, 3.8) is 0 Å². The summed E-state index contributed by atoms with van der Waals surface area (Å²) in [6, 6.07) is 17.1. The van der Waals surface area contributed by atoms with E-state index in [1.165, 1.54) is 21.3 Å². The molecule has 0 unspecified atom stereocenters. The van der Waals surface area contributed by atoms with Gasteiger partial charge in [-0.2, -0.15) is 0 Å².